The van der Waals surface area contributed by atoms with Crippen LogP contribution in [-0.2, 0) is 6.18 Å². The molecule has 0 amide bonds. The van der Waals surface area contributed by atoms with Gasteiger partial charge in [0.2, 0.25) is 5.95 Å². The van der Waals surface area contributed by atoms with Crippen molar-refractivity contribution in [1.82, 2.24) is 19.9 Å². The van der Waals surface area contributed by atoms with Crippen LogP contribution in [0.5, 0.6) is 0 Å². The molecule has 0 bridgehead atoms. The maximum absolute atomic E-state index is 14.1. The molecule has 0 spiro atoms. The van der Waals surface area contributed by atoms with Crippen LogP contribution in [-0.4, -0.2) is 19.9 Å². The molecule has 1 atom stereocenters. The van der Waals surface area contributed by atoms with Crippen LogP contribution in [0.15, 0.2) is 42.9 Å². The second-order valence-electron chi connectivity index (χ2n) is 7.11. The third kappa shape index (κ3) is 4.40. The molecule has 0 saturated carbocycles. The standard InChI is InChI=1S/C21H15F4N7S/c1-10(11-2-3-17(32-33)16(22)4-11)30-20-29-7-12(6-26)18(31-20)15-9-28-19-14(15)5-13(8-27-19)21(23,24)25/h2-5,7-10,32-33H,1H3,(H,27,28)(H,29,30,31)/t10-/m1/s1. The van der Waals surface area contributed by atoms with E-state index in [0.717, 1.165) is 12.3 Å². The van der Waals surface area contributed by atoms with Crippen LogP contribution in [0, 0.1) is 17.1 Å². The number of nitriles is 1. The van der Waals surface area contributed by atoms with Gasteiger partial charge in [-0.1, -0.05) is 18.9 Å². The lowest BCUT2D eigenvalue weighted by molar-refractivity contribution is -0.137. The predicted molar refractivity (Wildman–Crippen MR) is 118 cm³/mol. The SMILES string of the molecule is C[C@@H](Nc1ncc(C#N)c(-c2c[nH]c3ncc(C(F)(F)F)cc23)n1)c1ccc(NS)c(F)c1. The molecule has 3 heterocycles. The number of aromatic nitrogens is 4. The lowest BCUT2D eigenvalue weighted by atomic mass is 10.1. The number of aromatic amines is 1. The number of hydrogen-bond acceptors (Lipinski definition) is 7. The van der Waals surface area contributed by atoms with E-state index in [1.54, 1.807) is 13.0 Å². The number of alkyl halides is 3. The molecule has 0 unspecified atom stereocenters. The Hall–Kier alpha value is -3.85. The molecule has 0 radical (unpaired) electrons. The molecule has 1 aromatic carbocycles. The summed E-state index contributed by atoms with van der Waals surface area (Å²) in [4.78, 5) is 15.1. The second kappa shape index (κ2) is 8.59. The average molecular weight is 473 g/mol. The molecule has 3 N–H and O–H groups in total. The third-order valence-corrected chi connectivity index (χ3v) is 5.22. The minimum Gasteiger partial charge on any atom is -0.348 e. The summed E-state index contributed by atoms with van der Waals surface area (Å²) < 4.78 is 56.0. The lowest BCUT2D eigenvalue weighted by Gasteiger charge is -2.16. The molecular weight excluding hydrogens is 458 g/mol. The number of H-pyrrole nitrogens is 1. The zero-order valence-electron chi connectivity index (χ0n) is 16.9. The van der Waals surface area contributed by atoms with Gasteiger partial charge in [-0.05, 0) is 30.7 Å². The minimum absolute atomic E-state index is 0.0711. The lowest BCUT2D eigenvalue weighted by Crippen LogP contribution is -2.11. The molecule has 0 aliphatic carbocycles. The second-order valence-corrected chi connectivity index (χ2v) is 7.33. The fourth-order valence-electron chi connectivity index (χ4n) is 3.26. The quantitative estimate of drug-likeness (QED) is 0.226. The summed E-state index contributed by atoms with van der Waals surface area (Å²) in [5.41, 5.74) is 0.594. The first-order valence-corrected chi connectivity index (χ1v) is 9.94. The Bertz CT molecular complexity index is 1380. The van der Waals surface area contributed by atoms with Gasteiger partial charge >= 0.3 is 6.18 Å². The molecule has 0 fully saturated rings. The van der Waals surface area contributed by atoms with Crippen molar-refractivity contribution >= 4 is 35.5 Å². The highest BCUT2D eigenvalue weighted by molar-refractivity contribution is 7.81. The van der Waals surface area contributed by atoms with E-state index in [1.807, 2.05) is 6.07 Å². The Morgan fingerprint density at radius 3 is 2.64 bits per heavy atom. The van der Waals surface area contributed by atoms with Crippen molar-refractivity contribution in [2.24, 2.45) is 0 Å². The van der Waals surface area contributed by atoms with E-state index in [-0.39, 0.29) is 39.5 Å². The molecule has 33 heavy (non-hydrogen) atoms. The van der Waals surface area contributed by atoms with Crippen LogP contribution in [0.2, 0.25) is 0 Å². The number of fused-ring (bicyclic) bond motifs is 1. The summed E-state index contributed by atoms with van der Waals surface area (Å²) in [7, 11) is 0. The summed E-state index contributed by atoms with van der Waals surface area (Å²) in [5, 5.41) is 12.7. The molecule has 0 aliphatic heterocycles. The maximum Gasteiger partial charge on any atom is 0.417 e. The van der Waals surface area contributed by atoms with Crippen molar-refractivity contribution in [3.05, 3.63) is 65.4 Å². The molecule has 4 aromatic rings. The Morgan fingerprint density at radius 1 is 1.18 bits per heavy atom. The van der Waals surface area contributed by atoms with Crippen LogP contribution >= 0.6 is 12.8 Å². The number of nitrogens with one attached hydrogen (secondary N) is 3. The van der Waals surface area contributed by atoms with Gasteiger partial charge in [-0.3, -0.25) is 0 Å². The normalized spacial score (nSPS) is 12.4. The summed E-state index contributed by atoms with van der Waals surface area (Å²) in [5.74, 6) is -0.382. The Balaban J connectivity index is 1.72. The van der Waals surface area contributed by atoms with Crippen LogP contribution in [0.3, 0.4) is 0 Å². The van der Waals surface area contributed by atoms with Gasteiger partial charge in [0.05, 0.1) is 34.7 Å². The number of benzene rings is 1. The number of nitrogens with zero attached hydrogens (tertiary/aromatic N) is 4. The van der Waals surface area contributed by atoms with Crippen LogP contribution in [0.25, 0.3) is 22.3 Å². The highest BCUT2D eigenvalue weighted by atomic mass is 32.1. The largest absolute Gasteiger partial charge is 0.417 e. The molecule has 4 rings (SSSR count). The highest BCUT2D eigenvalue weighted by Gasteiger charge is 2.31. The Kier molecular flexibility index (Phi) is 5.82. The zero-order valence-corrected chi connectivity index (χ0v) is 17.8. The van der Waals surface area contributed by atoms with Crippen molar-refractivity contribution in [2.75, 3.05) is 10.0 Å². The van der Waals surface area contributed by atoms with E-state index in [9.17, 15) is 22.8 Å². The molecule has 7 nitrogen and oxygen atoms in total. The van der Waals surface area contributed by atoms with E-state index in [2.05, 4.69) is 42.8 Å². The van der Waals surface area contributed by atoms with Gasteiger partial charge in [-0.25, -0.2) is 19.3 Å². The van der Waals surface area contributed by atoms with Gasteiger partial charge in [-0.15, -0.1) is 0 Å². The fraction of sp³-hybridized carbons (Fsp3) is 0.143. The molecule has 0 aliphatic rings. The third-order valence-electron chi connectivity index (χ3n) is 4.98. The van der Waals surface area contributed by atoms with Gasteiger partial charge < -0.3 is 15.0 Å². The number of hydrogen-bond donors (Lipinski definition) is 4. The predicted octanol–water partition coefficient (Wildman–Crippen LogP) is 5.48. The summed E-state index contributed by atoms with van der Waals surface area (Å²) >= 11 is 3.83. The summed E-state index contributed by atoms with van der Waals surface area (Å²) in [6.07, 6.45) is -1.14. The number of thiol groups is 1. The van der Waals surface area contributed by atoms with Gasteiger partial charge in [0, 0.05) is 23.3 Å². The topological polar surface area (TPSA) is 102 Å². The van der Waals surface area contributed by atoms with Gasteiger partial charge in [-0.2, -0.15) is 18.4 Å². The number of halogens is 4. The zero-order chi connectivity index (χ0) is 23.8. The summed E-state index contributed by atoms with van der Waals surface area (Å²) in [6, 6.07) is 7.02. The molecular formula is C21H15F4N7S. The number of anilines is 2. The van der Waals surface area contributed by atoms with Crippen molar-refractivity contribution in [1.29, 1.82) is 5.26 Å². The minimum atomic E-state index is -4.57. The number of rotatable bonds is 5. The van der Waals surface area contributed by atoms with E-state index in [0.29, 0.717) is 5.56 Å². The fourth-order valence-corrected chi connectivity index (χ4v) is 3.44. The summed E-state index contributed by atoms with van der Waals surface area (Å²) in [6.45, 7) is 1.76. The van der Waals surface area contributed by atoms with Crippen molar-refractivity contribution in [2.45, 2.75) is 19.1 Å². The Morgan fingerprint density at radius 2 is 1.97 bits per heavy atom. The van der Waals surface area contributed by atoms with Gasteiger partial charge in [0.15, 0.2) is 0 Å². The van der Waals surface area contributed by atoms with Crippen molar-refractivity contribution in [3.63, 3.8) is 0 Å². The van der Waals surface area contributed by atoms with Crippen molar-refractivity contribution < 1.29 is 17.6 Å². The van der Waals surface area contributed by atoms with E-state index < -0.39 is 23.6 Å². The monoisotopic (exact) mass is 473 g/mol. The van der Waals surface area contributed by atoms with Crippen LogP contribution in [0.4, 0.5) is 29.2 Å². The van der Waals surface area contributed by atoms with Crippen molar-refractivity contribution in [3.8, 4) is 17.3 Å². The van der Waals surface area contributed by atoms with Crippen LogP contribution in [0.1, 0.15) is 29.7 Å². The molecule has 0 saturated heterocycles. The van der Waals surface area contributed by atoms with E-state index in [1.165, 1.54) is 24.5 Å². The average Bonchev–Trinajstić information content (AvgIpc) is 3.21. The first-order valence-electron chi connectivity index (χ1n) is 9.49. The first kappa shape index (κ1) is 22.3. The van der Waals surface area contributed by atoms with Crippen LogP contribution < -0.4 is 10.0 Å². The molecule has 12 heteroatoms. The first-order chi connectivity index (χ1) is 15.7. The van der Waals surface area contributed by atoms with Gasteiger partial charge in [0.25, 0.3) is 0 Å². The van der Waals surface area contributed by atoms with E-state index >= 15 is 0 Å². The molecule has 3 aromatic heterocycles. The van der Waals surface area contributed by atoms with E-state index in [4.69, 9.17) is 0 Å². The Labute approximate surface area is 190 Å². The molecule has 168 valence electrons. The maximum atomic E-state index is 14.1. The van der Waals surface area contributed by atoms with Gasteiger partial charge in [0.1, 0.15) is 17.5 Å². The number of pyridine rings is 1. The smallest absolute Gasteiger partial charge is 0.348 e. The highest BCUT2D eigenvalue weighted by Crippen LogP contribution is 2.35.